The summed E-state index contributed by atoms with van der Waals surface area (Å²) in [4.78, 5) is 23.5. The Morgan fingerprint density at radius 2 is 1.74 bits per heavy atom. The molecule has 158 valence electrons. The molecule has 6 heteroatoms. The largest absolute Gasteiger partial charge is 0.357 e. The molecule has 1 heterocycles. The van der Waals surface area contributed by atoms with Gasteiger partial charge in [0.15, 0.2) is 5.96 Å². The first-order chi connectivity index (χ1) is 12.9. The third-order valence-electron chi connectivity index (χ3n) is 5.27. The number of aliphatic imine (C=N–C) groups is 1. The third kappa shape index (κ3) is 8.96. The molecule has 1 amide bonds. The van der Waals surface area contributed by atoms with Crippen molar-refractivity contribution >= 4 is 11.9 Å². The van der Waals surface area contributed by atoms with Crippen LogP contribution >= 0.6 is 0 Å². The summed E-state index contributed by atoms with van der Waals surface area (Å²) in [7, 11) is 1.94. The summed E-state index contributed by atoms with van der Waals surface area (Å²) in [6, 6.07) is 0. The van der Waals surface area contributed by atoms with Gasteiger partial charge in [0.2, 0.25) is 5.91 Å². The van der Waals surface area contributed by atoms with Gasteiger partial charge in [0.05, 0.1) is 6.54 Å². The van der Waals surface area contributed by atoms with Crippen molar-refractivity contribution in [2.45, 2.75) is 53.9 Å². The zero-order valence-corrected chi connectivity index (χ0v) is 18.6. The van der Waals surface area contributed by atoms with Crippen molar-refractivity contribution in [2.24, 2.45) is 16.8 Å². The standard InChI is InChI=1S/C21H43N5O/c1-7-22-21(24(6)17-20(27)26(8-2)9-3)23-12-10-11-13-25-15-18(4)14-19(5)16-25/h18-19H,7-17H2,1-6H3,(H,22,23). The van der Waals surface area contributed by atoms with Crippen LogP contribution in [0.3, 0.4) is 0 Å². The molecule has 1 fully saturated rings. The van der Waals surface area contributed by atoms with Crippen molar-refractivity contribution in [3.8, 4) is 0 Å². The van der Waals surface area contributed by atoms with Crippen LogP contribution in [0, 0.1) is 11.8 Å². The maximum Gasteiger partial charge on any atom is 0.242 e. The van der Waals surface area contributed by atoms with E-state index in [0.29, 0.717) is 6.54 Å². The lowest BCUT2D eigenvalue weighted by atomic mass is 9.92. The fourth-order valence-electron chi connectivity index (χ4n) is 4.03. The lowest BCUT2D eigenvalue weighted by Crippen LogP contribution is -2.45. The van der Waals surface area contributed by atoms with Crippen molar-refractivity contribution in [2.75, 3.05) is 59.4 Å². The van der Waals surface area contributed by atoms with E-state index in [0.717, 1.165) is 50.4 Å². The fraction of sp³-hybridized carbons (Fsp3) is 0.905. The molecule has 0 spiro atoms. The number of rotatable bonds is 10. The molecule has 27 heavy (non-hydrogen) atoms. The molecule has 1 saturated heterocycles. The lowest BCUT2D eigenvalue weighted by molar-refractivity contribution is -0.131. The van der Waals surface area contributed by atoms with Gasteiger partial charge in [-0.3, -0.25) is 9.79 Å². The summed E-state index contributed by atoms with van der Waals surface area (Å²) in [5.41, 5.74) is 0. The number of carbonyl (C=O) groups is 1. The second-order valence-corrected chi connectivity index (χ2v) is 8.07. The molecule has 1 aliphatic heterocycles. The highest BCUT2D eigenvalue weighted by atomic mass is 16.2. The average Bonchev–Trinajstić information content (AvgIpc) is 2.60. The highest BCUT2D eigenvalue weighted by molar-refractivity contribution is 5.86. The number of nitrogens with zero attached hydrogens (tertiary/aromatic N) is 4. The number of amides is 1. The third-order valence-corrected chi connectivity index (χ3v) is 5.27. The predicted molar refractivity (Wildman–Crippen MR) is 115 cm³/mol. The molecule has 0 aromatic rings. The van der Waals surface area contributed by atoms with E-state index in [9.17, 15) is 4.79 Å². The van der Waals surface area contributed by atoms with Crippen LogP contribution < -0.4 is 5.32 Å². The van der Waals surface area contributed by atoms with Crippen LogP contribution in [0.15, 0.2) is 4.99 Å². The van der Waals surface area contributed by atoms with Crippen LogP contribution in [-0.4, -0.2) is 86.0 Å². The molecule has 0 aromatic heterocycles. The van der Waals surface area contributed by atoms with Crippen molar-refractivity contribution in [3.63, 3.8) is 0 Å². The van der Waals surface area contributed by atoms with Crippen molar-refractivity contribution in [3.05, 3.63) is 0 Å². The van der Waals surface area contributed by atoms with E-state index < -0.39 is 0 Å². The lowest BCUT2D eigenvalue weighted by Gasteiger charge is -2.34. The molecule has 6 nitrogen and oxygen atoms in total. The zero-order valence-electron chi connectivity index (χ0n) is 18.6. The SMILES string of the molecule is CCNC(=NCCCCN1CC(C)CC(C)C1)N(C)CC(=O)N(CC)CC. The summed E-state index contributed by atoms with van der Waals surface area (Å²) in [6.45, 7) is 18.0. The summed E-state index contributed by atoms with van der Waals surface area (Å²) in [5.74, 6) is 2.63. The number of unbranched alkanes of at least 4 members (excludes halogenated alkanes) is 1. The van der Waals surface area contributed by atoms with Crippen LogP contribution in [0.1, 0.15) is 53.9 Å². The highest BCUT2D eigenvalue weighted by Crippen LogP contribution is 2.20. The zero-order chi connectivity index (χ0) is 20.2. The number of guanidine groups is 1. The van der Waals surface area contributed by atoms with Crippen LogP contribution in [0.25, 0.3) is 0 Å². The van der Waals surface area contributed by atoms with Crippen molar-refractivity contribution in [1.82, 2.24) is 20.0 Å². The number of hydrogen-bond donors (Lipinski definition) is 1. The van der Waals surface area contributed by atoms with Crippen LogP contribution in [-0.2, 0) is 4.79 Å². The molecule has 0 radical (unpaired) electrons. The minimum Gasteiger partial charge on any atom is -0.357 e. The van der Waals surface area contributed by atoms with Gasteiger partial charge < -0.3 is 20.0 Å². The van der Waals surface area contributed by atoms with E-state index in [1.165, 1.54) is 32.5 Å². The number of likely N-dealkylation sites (tertiary alicyclic amines) is 1. The fourth-order valence-corrected chi connectivity index (χ4v) is 4.03. The number of hydrogen-bond acceptors (Lipinski definition) is 3. The van der Waals surface area contributed by atoms with Gasteiger partial charge in [-0.15, -0.1) is 0 Å². The summed E-state index contributed by atoms with van der Waals surface area (Å²) in [5, 5.41) is 3.31. The molecular weight excluding hydrogens is 338 g/mol. The molecule has 0 aliphatic carbocycles. The van der Waals surface area contributed by atoms with Crippen LogP contribution in [0.5, 0.6) is 0 Å². The van der Waals surface area contributed by atoms with Crippen molar-refractivity contribution in [1.29, 1.82) is 0 Å². The van der Waals surface area contributed by atoms with Gasteiger partial charge in [-0.2, -0.15) is 0 Å². The molecule has 2 atom stereocenters. The minimum atomic E-state index is 0.154. The van der Waals surface area contributed by atoms with Gasteiger partial charge in [0.1, 0.15) is 0 Å². The summed E-state index contributed by atoms with van der Waals surface area (Å²) >= 11 is 0. The predicted octanol–water partition coefficient (Wildman–Crippen LogP) is 2.51. The molecule has 1 rings (SSSR count). The molecule has 0 aromatic carbocycles. The average molecular weight is 382 g/mol. The number of carbonyl (C=O) groups excluding carboxylic acids is 1. The Bertz CT molecular complexity index is 440. The first kappa shape index (κ1) is 23.7. The Kier molecular flexibility index (Phi) is 11.4. The molecule has 2 unspecified atom stereocenters. The Morgan fingerprint density at radius 1 is 1.11 bits per heavy atom. The number of nitrogens with one attached hydrogen (secondary N) is 1. The molecule has 0 saturated carbocycles. The Hall–Kier alpha value is -1.30. The second-order valence-electron chi connectivity index (χ2n) is 8.07. The van der Waals surface area contributed by atoms with E-state index in [1.54, 1.807) is 0 Å². The van der Waals surface area contributed by atoms with E-state index in [2.05, 4.69) is 31.0 Å². The van der Waals surface area contributed by atoms with Gasteiger partial charge >= 0.3 is 0 Å². The molecule has 1 aliphatic rings. The summed E-state index contributed by atoms with van der Waals surface area (Å²) < 4.78 is 0. The van der Waals surface area contributed by atoms with E-state index in [-0.39, 0.29) is 5.91 Å². The molecule has 1 N–H and O–H groups in total. The minimum absolute atomic E-state index is 0.154. The molecule has 0 bridgehead atoms. The van der Waals surface area contributed by atoms with Crippen molar-refractivity contribution < 1.29 is 4.79 Å². The van der Waals surface area contributed by atoms with Crippen LogP contribution in [0.4, 0.5) is 0 Å². The van der Waals surface area contributed by atoms with E-state index >= 15 is 0 Å². The normalized spacial score (nSPS) is 21.2. The quantitative estimate of drug-likeness (QED) is 0.359. The smallest absolute Gasteiger partial charge is 0.242 e. The van der Waals surface area contributed by atoms with Gasteiger partial charge in [-0.05, 0) is 58.4 Å². The summed E-state index contributed by atoms with van der Waals surface area (Å²) in [6.07, 6.45) is 3.64. The first-order valence-corrected chi connectivity index (χ1v) is 10.9. The van der Waals surface area contributed by atoms with Gasteiger partial charge in [-0.25, -0.2) is 0 Å². The van der Waals surface area contributed by atoms with Gasteiger partial charge in [0, 0.05) is 46.3 Å². The second kappa shape index (κ2) is 13.0. The monoisotopic (exact) mass is 381 g/mol. The Balaban J connectivity index is 2.40. The van der Waals surface area contributed by atoms with Gasteiger partial charge in [-0.1, -0.05) is 13.8 Å². The topological polar surface area (TPSA) is 51.2 Å². The maximum absolute atomic E-state index is 12.3. The highest BCUT2D eigenvalue weighted by Gasteiger charge is 2.21. The van der Waals surface area contributed by atoms with E-state index in [4.69, 9.17) is 4.99 Å². The Morgan fingerprint density at radius 3 is 2.30 bits per heavy atom. The first-order valence-electron chi connectivity index (χ1n) is 10.9. The molecular formula is C21H43N5O. The number of piperidine rings is 1. The van der Waals surface area contributed by atoms with Gasteiger partial charge in [0.25, 0.3) is 0 Å². The van der Waals surface area contributed by atoms with E-state index in [1.807, 2.05) is 30.7 Å². The number of likely N-dealkylation sites (N-methyl/N-ethyl adjacent to an activating group) is 2. The van der Waals surface area contributed by atoms with Crippen LogP contribution in [0.2, 0.25) is 0 Å². The maximum atomic E-state index is 12.3. The Labute approximate surface area is 167 Å².